The third-order valence-electron chi connectivity index (χ3n) is 3.52. The molecule has 6 heteroatoms. The van der Waals surface area contributed by atoms with E-state index in [1.165, 1.54) is 0 Å². The van der Waals surface area contributed by atoms with Gasteiger partial charge in [0.15, 0.2) is 0 Å². The van der Waals surface area contributed by atoms with Crippen LogP contribution >= 0.6 is 35.0 Å². The van der Waals surface area contributed by atoms with Crippen molar-refractivity contribution in [3.63, 3.8) is 0 Å². The number of anilines is 1. The summed E-state index contributed by atoms with van der Waals surface area (Å²) in [4.78, 5) is 12.2. The second-order valence-electron chi connectivity index (χ2n) is 4.92. The van der Waals surface area contributed by atoms with Crippen molar-refractivity contribution in [1.82, 2.24) is 0 Å². The maximum absolute atomic E-state index is 12.2. The number of nitrogens with one attached hydrogen (secondary N) is 1. The zero-order chi connectivity index (χ0) is 13.8. The predicted octanol–water partition coefficient (Wildman–Crippen LogP) is 2.71. The van der Waals surface area contributed by atoms with Crippen molar-refractivity contribution >= 4 is 46.6 Å². The number of amides is 1. The summed E-state index contributed by atoms with van der Waals surface area (Å²) in [6.07, 6.45) is 1.72. The molecule has 1 atom stereocenters. The summed E-state index contributed by atoms with van der Waals surface area (Å²) < 4.78 is 6.45. The van der Waals surface area contributed by atoms with Gasteiger partial charge in [-0.3, -0.25) is 4.79 Å². The number of aryl methyl sites for hydroxylation is 1. The van der Waals surface area contributed by atoms with Gasteiger partial charge in [-0.05, 0) is 72.0 Å². The van der Waals surface area contributed by atoms with E-state index >= 15 is 0 Å². The molecule has 1 aromatic carbocycles. The molecular weight excluding hydrogens is 391 g/mol. The highest BCUT2D eigenvalue weighted by atomic mass is 127. The lowest BCUT2D eigenvalue weighted by Crippen LogP contribution is -2.44. The van der Waals surface area contributed by atoms with Gasteiger partial charge in [0.2, 0.25) is 5.91 Å². The summed E-state index contributed by atoms with van der Waals surface area (Å²) in [6, 6.07) is 5.48. The van der Waals surface area contributed by atoms with Gasteiger partial charge in [-0.1, -0.05) is 0 Å². The summed E-state index contributed by atoms with van der Waals surface area (Å²) >= 11 is 2.25. The van der Waals surface area contributed by atoms with Gasteiger partial charge in [0.1, 0.15) is 0 Å². The third-order valence-corrected chi connectivity index (χ3v) is 4.19. The van der Waals surface area contributed by atoms with Gasteiger partial charge >= 0.3 is 0 Å². The van der Waals surface area contributed by atoms with Crippen molar-refractivity contribution in [2.45, 2.75) is 25.8 Å². The zero-order valence-corrected chi connectivity index (χ0v) is 14.4. The highest BCUT2D eigenvalue weighted by molar-refractivity contribution is 14.1. The molecule has 1 fully saturated rings. The molecule has 1 heterocycles. The normalized spacial score (nSPS) is 17.1. The summed E-state index contributed by atoms with van der Waals surface area (Å²) in [7, 11) is 0. The van der Waals surface area contributed by atoms with Gasteiger partial charge in [-0.15, -0.1) is 12.4 Å². The standard InChI is InChI=1S/C14H19IN2O2.ClH/c1-9-8-11(15)2-3-12(9)17-14(18)13(16)10-4-6-19-7-5-10;/h2-3,8,10,13H,4-7,16H2,1H3,(H,17,18);1H. The molecule has 1 amide bonds. The molecule has 112 valence electrons. The maximum atomic E-state index is 12.2. The number of benzene rings is 1. The van der Waals surface area contributed by atoms with Crippen molar-refractivity contribution in [2.24, 2.45) is 11.7 Å². The molecule has 2 rings (SSSR count). The first-order valence-electron chi connectivity index (χ1n) is 6.48. The number of halogens is 2. The first kappa shape index (κ1) is 17.7. The smallest absolute Gasteiger partial charge is 0.241 e. The van der Waals surface area contributed by atoms with Gasteiger partial charge < -0.3 is 15.8 Å². The number of carbonyl (C=O) groups is 1. The van der Waals surface area contributed by atoms with Crippen molar-refractivity contribution in [2.75, 3.05) is 18.5 Å². The van der Waals surface area contributed by atoms with E-state index in [4.69, 9.17) is 10.5 Å². The molecule has 0 spiro atoms. The van der Waals surface area contributed by atoms with Gasteiger partial charge in [0.25, 0.3) is 0 Å². The van der Waals surface area contributed by atoms with Crippen LogP contribution in [-0.2, 0) is 9.53 Å². The molecule has 1 saturated heterocycles. The second kappa shape index (κ2) is 8.17. The highest BCUT2D eigenvalue weighted by Crippen LogP contribution is 2.21. The van der Waals surface area contributed by atoms with E-state index in [1.807, 2.05) is 25.1 Å². The SMILES string of the molecule is Cc1cc(I)ccc1NC(=O)C(N)C1CCOCC1.Cl. The van der Waals surface area contributed by atoms with Crippen LogP contribution in [0.15, 0.2) is 18.2 Å². The molecule has 1 unspecified atom stereocenters. The van der Waals surface area contributed by atoms with Crippen molar-refractivity contribution in [3.05, 3.63) is 27.3 Å². The molecule has 0 radical (unpaired) electrons. The molecule has 1 aromatic rings. The van der Waals surface area contributed by atoms with Crippen molar-refractivity contribution in [3.8, 4) is 0 Å². The van der Waals surface area contributed by atoms with Crippen LogP contribution in [-0.4, -0.2) is 25.2 Å². The summed E-state index contributed by atoms with van der Waals surface area (Å²) in [5, 5.41) is 2.93. The topological polar surface area (TPSA) is 64.4 Å². The molecule has 0 aliphatic carbocycles. The summed E-state index contributed by atoms with van der Waals surface area (Å²) in [6.45, 7) is 3.39. The van der Waals surface area contributed by atoms with Gasteiger partial charge in [0, 0.05) is 22.5 Å². The van der Waals surface area contributed by atoms with Crippen molar-refractivity contribution in [1.29, 1.82) is 0 Å². The summed E-state index contributed by atoms with van der Waals surface area (Å²) in [5.74, 6) is 0.120. The Morgan fingerprint density at radius 3 is 2.70 bits per heavy atom. The Bertz CT molecular complexity index is 464. The van der Waals surface area contributed by atoms with E-state index in [9.17, 15) is 4.79 Å². The fourth-order valence-electron chi connectivity index (χ4n) is 2.27. The van der Waals surface area contributed by atoms with Gasteiger partial charge in [0.05, 0.1) is 6.04 Å². The highest BCUT2D eigenvalue weighted by Gasteiger charge is 2.26. The van der Waals surface area contributed by atoms with E-state index in [1.54, 1.807) is 0 Å². The van der Waals surface area contributed by atoms with Crippen LogP contribution in [0, 0.1) is 16.4 Å². The number of hydrogen-bond acceptors (Lipinski definition) is 3. The molecule has 0 aromatic heterocycles. The molecular formula is C14H20ClIN2O2. The van der Waals surface area contributed by atoms with Crippen LogP contribution in [0.5, 0.6) is 0 Å². The monoisotopic (exact) mass is 410 g/mol. The number of ether oxygens (including phenoxy) is 1. The third kappa shape index (κ3) is 4.58. The molecule has 20 heavy (non-hydrogen) atoms. The average molecular weight is 411 g/mol. The minimum absolute atomic E-state index is 0. The lowest BCUT2D eigenvalue weighted by Gasteiger charge is -2.26. The van der Waals surface area contributed by atoms with E-state index in [2.05, 4.69) is 27.9 Å². The fourth-order valence-corrected chi connectivity index (χ4v) is 2.92. The Hall–Kier alpha value is -0.370. The van der Waals surface area contributed by atoms with Crippen LogP contribution in [0.25, 0.3) is 0 Å². The Balaban J connectivity index is 0.00000200. The first-order valence-corrected chi connectivity index (χ1v) is 7.56. The zero-order valence-electron chi connectivity index (χ0n) is 11.4. The average Bonchev–Trinajstić information content (AvgIpc) is 2.42. The van der Waals surface area contributed by atoms with E-state index in [0.717, 1.165) is 27.7 Å². The van der Waals surface area contributed by atoms with Crippen LogP contribution in [0.2, 0.25) is 0 Å². The molecule has 1 aliphatic heterocycles. The fraction of sp³-hybridized carbons (Fsp3) is 0.500. The molecule has 3 N–H and O–H groups in total. The molecule has 4 nitrogen and oxygen atoms in total. The van der Waals surface area contributed by atoms with E-state index < -0.39 is 6.04 Å². The maximum Gasteiger partial charge on any atom is 0.241 e. The van der Waals surface area contributed by atoms with Crippen LogP contribution in [0.4, 0.5) is 5.69 Å². The predicted molar refractivity (Wildman–Crippen MR) is 91.3 cm³/mol. The Morgan fingerprint density at radius 1 is 1.45 bits per heavy atom. The summed E-state index contributed by atoms with van der Waals surface area (Å²) in [5.41, 5.74) is 7.95. The Kier molecular flexibility index (Phi) is 7.22. The lowest BCUT2D eigenvalue weighted by molar-refractivity contribution is -0.119. The van der Waals surface area contributed by atoms with Crippen LogP contribution in [0.3, 0.4) is 0 Å². The number of nitrogens with two attached hydrogens (primary N) is 1. The molecule has 0 bridgehead atoms. The van der Waals surface area contributed by atoms with Crippen LogP contribution in [0.1, 0.15) is 18.4 Å². The van der Waals surface area contributed by atoms with E-state index in [0.29, 0.717) is 13.2 Å². The minimum atomic E-state index is -0.456. The van der Waals surface area contributed by atoms with Crippen LogP contribution < -0.4 is 11.1 Å². The lowest BCUT2D eigenvalue weighted by atomic mass is 9.92. The Morgan fingerprint density at radius 2 is 2.10 bits per heavy atom. The second-order valence-corrected chi connectivity index (χ2v) is 6.17. The Labute approximate surface area is 139 Å². The number of rotatable bonds is 3. The quantitative estimate of drug-likeness (QED) is 0.753. The largest absolute Gasteiger partial charge is 0.381 e. The number of carbonyl (C=O) groups excluding carboxylic acids is 1. The van der Waals surface area contributed by atoms with Gasteiger partial charge in [-0.25, -0.2) is 0 Å². The van der Waals surface area contributed by atoms with E-state index in [-0.39, 0.29) is 24.2 Å². The van der Waals surface area contributed by atoms with Crippen molar-refractivity contribution < 1.29 is 9.53 Å². The molecule has 1 aliphatic rings. The number of hydrogen-bond donors (Lipinski definition) is 2. The minimum Gasteiger partial charge on any atom is -0.381 e. The van der Waals surface area contributed by atoms with Gasteiger partial charge in [-0.2, -0.15) is 0 Å². The molecule has 0 saturated carbocycles. The first-order chi connectivity index (χ1) is 9.08.